The first kappa shape index (κ1) is 24.5. The summed E-state index contributed by atoms with van der Waals surface area (Å²) in [6.07, 6.45) is 2.44. The van der Waals surface area contributed by atoms with E-state index in [0.29, 0.717) is 36.2 Å². The first-order chi connectivity index (χ1) is 14.0. The number of guanidine groups is 1. The summed E-state index contributed by atoms with van der Waals surface area (Å²) >= 11 is 12.1. The summed E-state index contributed by atoms with van der Waals surface area (Å²) in [5, 5.41) is 8.70. The van der Waals surface area contributed by atoms with Gasteiger partial charge in [0.15, 0.2) is 5.96 Å². The molecule has 0 bridgehead atoms. The van der Waals surface area contributed by atoms with Gasteiger partial charge in [-0.3, -0.25) is 4.99 Å². The van der Waals surface area contributed by atoms with E-state index in [1.807, 2.05) is 62.1 Å². The average molecular weight is 563 g/mol. The summed E-state index contributed by atoms with van der Waals surface area (Å²) < 4.78 is 7.36. The molecular weight excluding hydrogens is 538 g/mol. The van der Waals surface area contributed by atoms with Crippen LogP contribution < -0.4 is 5.32 Å². The topological polar surface area (TPSA) is 71.5 Å². The minimum Gasteiger partial charge on any atom is -0.357 e. The van der Waals surface area contributed by atoms with Gasteiger partial charge in [-0.05, 0) is 25.1 Å². The molecule has 10 heteroatoms. The molecule has 3 aromatic rings. The highest BCUT2D eigenvalue weighted by atomic mass is 127. The Bertz CT molecular complexity index is 987. The molecule has 3 rings (SSSR count). The van der Waals surface area contributed by atoms with E-state index in [1.165, 1.54) is 0 Å². The fourth-order valence-corrected chi connectivity index (χ4v) is 3.33. The average Bonchev–Trinajstić information content (AvgIpc) is 3.27. The molecule has 0 radical (unpaired) electrons. The summed E-state index contributed by atoms with van der Waals surface area (Å²) in [7, 11) is 3.97. The monoisotopic (exact) mass is 562 g/mol. The standard InChI is InChI=1S/C20H24Cl2N6O.HI/c1-4-23-20(28(3)13-17-11-16(22)12-27(17)2)24-9-8-18-25-19(26-29-18)14-6-5-7-15(21)10-14;/h5-7,10-12H,4,8-9,13H2,1-3H3,(H,23,24);1H. The Kier molecular flexibility index (Phi) is 9.44. The van der Waals surface area contributed by atoms with Crippen LogP contribution in [-0.2, 0) is 20.0 Å². The number of rotatable bonds is 7. The molecular formula is C20H25Cl2IN6O. The summed E-state index contributed by atoms with van der Waals surface area (Å²) in [6, 6.07) is 9.33. The van der Waals surface area contributed by atoms with Crippen molar-refractivity contribution in [3.8, 4) is 11.4 Å². The molecule has 30 heavy (non-hydrogen) atoms. The van der Waals surface area contributed by atoms with Crippen LogP contribution in [0.15, 0.2) is 46.0 Å². The van der Waals surface area contributed by atoms with Crippen LogP contribution in [0.5, 0.6) is 0 Å². The summed E-state index contributed by atoms with van der Waals surface area (Å²) in [5.74, 6) is 1.87. The van der Waals surface area contributed by atoms with Crippen LogP contribution in [0.3, 0.4) is 0 Å². The normalized spacial score (nSPS) is 11.3. The van der Waals surface area contributed by atoms with E-state index >= 15 is 0 Å². The highest BCUT2D eigenvalue weighted by Crippen LogP contribution is 2.20. The molecule has 0 fully saturated rings. The van der Waals surface area contributed by atoms with Crippen molar-refractivity contribution >= 4 is 53.1 Å². The van der Waals surface area contributed by atoms with Crippen LogP contribution in [-0.4, -0.2) is 45.7 Å². The minimum absolute atomic E-state index is 0. The zero-order valence-corrected chi connectivity index (χ0v) is 20.9. The van der Waals surface area contributed by atoms with Gasteiger partial charge < -0.3 is 19.3 Å². The van der Waals surface area contributed by atoms with Crippen molar-refractivity contribution in [2.45, 2.75) is 19.9 Å². The van der Waals surface area contributed by atoms with Crippen molar-refractivity contribution in [2.75, 3.05) is 20.1 Å². The Balaban J connectivity index is 0.00000320. The number of aliphatic imine (C=N–C) groups is 1. The van der Waals surface area contributed by atoms with Crippen molar-refractivity contribution < 1.29 is 4.52 Å². The van der Waals surface area contributed by atoms with E-state index < -0.39 is 0 Å². The molecule has 0 saturated heterocycles. The molecule has 0 aliphatic heterocycles. The fraction of sp³-hybridized carbons (Fsp3) is 0.350. The first-order valence-corrected chi connectivity index (χ1v) is 10.1. The predicted molar refractivity (Wildman–Crippen MR) is 132 cm³/mol. The maximum Gasteiger partial charge on any atom is 0.228 e. The van der Waals surface area contributed by atoms with Crippen LogP contribution in [0.25, 0.3) is 11.4 Å². The Morgan fingerprint density at radius 3 is 2.73 bits per heavy atom. The smallest absolute Gasteiger partial charge is 0.228 e. The molecule has 7 nitrogen and oxygen atoms in total. The second-order valence-corrected chi connectivity index (χ2v) is 7.50. The highest BCUT2D eigenvalue weighted by Gasteiger charge is 2.11. The predicted octanol–water partition coefficient (Wildman–Crippen LogP) is 4.64. The molecule has 1 aromatic carbocycles. The zero-order chi connectivity index (χ0) is 20.8. The molecule has 0 atom stereocenters. The van der Waals surface area contributed by atoms with Gasteiger partial charge in [-0.15, -0.1) is 24.0 Å². The second kappa shape index (κ2) is 11.6. The van der Waals surface area contributed by atoms with Crippen LogP contribution in [0.1, 0.15) is 18.5 Å². The molecule has 0 amide bonds. The van der Waals surface area contributed by atoms with Crippen LogP contribution in [0, 0.1) is 0 Å². The molecule has 2 aromatic heterocycles. The van der Waals surface area contributed by atoms with Gasteiger partial charge in [-0.1, -0.05) is 40.5 Å². The summed E-state index contributed by atoms with van der Waals surface area (Å²) in [5.41, 5.74) is 1.93. The van der Waals surface area contributed by atoms with E-state index in [0.717, 1.165) is 28.8 Å². The maximum absolute atomic E-state index is 6.08. The van der Waals surface area contributed by atoms with Gasteiger partial charge >= 0.3 is 0 Å². The minimum atomic E-state index is 0. The number of hydrogen-bond donors (Lipinski definition) is 1. The second-order valence-electron chi connectivity index (χ2n) is 6.62. The lowest BCUT2D eigenvalue weighted by Gasteiger charge is -2.22. The van der Waals surface area contributed by atoms with E-state index in [1.54, 1.807) is 0 Å². The first-order valence-electron chi connectivity index (χ1n) is 9.35. The lowest BCUT2D eigenvalue weighted by atomic mass is 10.2. The van der Waals surface area contributed by atoms with Crippen LogP contribution in [0.2, 0.25) is 10.0 Å². The molecule has 0 saturated carbocycles. The zero-order valence-electron chi connectivity index (χ0n) is 17.1. The van der Waals surface area contributed by atoms with E-state index in [4.69, 9.17) is 27.7 Å². The van der Waals surface area contributed by atoms with E-state index in [-0.39, 0.29) is 24.0 Å². The van der Waals surface area contributed by atoms with Crippen molar-refractivity contribution in [3.63, 3.8) is 0 Å². The number of aromatic nitrogens is 3. The lowest BCUT2D eigenvalue weighted by molar-refractivity contribution is 0.379. The van der Waals surface area contributed by atoms with E-state index in [2.05, 4.69) is 25.3 Å². The molecule has 1 N–H and O–H groups in total. The van der Waals surface area contributed by atoms with Crippen molar-refractivity contribution in [1.82, 2.24) is 24.9 Å². The highest BCUT2D eigenvalue weighted by molar-refractivity contribution is 14.0. The van der Waals surface area contributed by atoms with Gasteiger partial charge in [0.05, 0.1) is 18.1 Å². The number of nitrogens with zero attached hydrogens (tertiary/aromatic N) is 5. The maximum atomic E-state index is 6.08. The molecule has 162 valence electrons. The van der Waals surface area contributed by atoms with Crippen molar-refractivity contribution in [2.24, 2.45) is 12.0 Å². The number of nitrogens with one attached hydrogen (secondary N) is 1. The van der Waals surface area contributed by atoms with Crippen LogP contribution >= 0.6 is 47.2 Å². The molecule has 0 spiro atoms. The summed E-state index contributed by atoms with van der Waals surface area (Å²) in [6.45, 7) is 4.03. The van der Waals surface area contributed by atoms with Gasteiger partial charge in [0.1, 0.15) is 0 Å². The Hall–Kier alpha value is -1.78. The number of halogens is 3. The van der Waals surface area contributed by atoms with Crippen molar-refractivity contribution in [1.29, 1.82) is 0 Å². The third-order valence-corrected chi connectivity index (χ3v) is 4.75. The van der Waals surface area contributed by atoms with Gasteiger partial charge in [0.25, 0.3) is 0 Å². The Labute approximate surface area is 203 Å². The van der Waals surface area contributed by atoms with E-state index in [9.17, 15) is 0 Å². The Morgan fingerprint density at radius 2 is 2.07 bits per heavy atom. The molecule has 0 aliphatic rings. The van der Waals surface area contributed by atoms with Gasteiger partial charge in [0.2, 0.25) is 11.7 Å². The van der Waals surface area contributed by atoms with Crippen molar-refractivity contribution in [3.05, 3.63) is 58.2 Å². The Morgan fingerprint density at radius 1 is 1.27 bits per heavy atom. The third kappa shape index (κ3) is 6.61. The fourth-order valence-electron chi connectivity index (χ4n) is 2.87. The molecule has 0 aliphatic carbocycles. The van der Waals surface area contributed by atoms with Gasteiger partial charge in [0, 0.05) is 49.5 Å². The SMILES string of the molecule is CCNC(=NCCc1nc(-c2cccc(Cl)c2)no1)N(C)Cc1cc(Cl)cn1C.I. The lowest BCUT2D eigenvalue weighted by Crippen LogP contribution is -2.39. The largest absolute Gasteiger partial charge is 0.357 e. The number of hydrogen-bond acceptors (Lipinski definition) is 4. The molecule has 2 heterocycles. The number of aryl methyl sites for hydroxylation is 1. The molecule has 0 unspecified atom stereocenters. The quantitative estimate of drug-likeness (QED) is 0.258. The number of benzene rings is 1. The third-order valence-electron chi connectivity index (χ3n) is 4.31. The van der Waals surface area contributed by atoms with Gasteiger partial charge in [-0.2, -0.15) is 4.98 Å². The van der Waals surface area contributed by atoms with Gasteiger partial charge in [-0.25, -0.2) is 0 Å². The summed E-state index contributed by atoms with van der Waals surface area (Å²) in [4.78, 5) is 11.2. The van der Waals surface area contributed by atoms with Crippen LogP contribution in [0.4, 0.5) is 0 Å².